The van der Waals surface area contributed by atoms with E-state index in [1.807, 2.05) is 38.1 Å². The number of fused-ring (bicyclic) bond motifs is 2. The Morgan fingerprint density at radius 2 is 2.16 bits per heavy atom. The lowest BCUT2D eigenvalue weighted by atomic mass is 9.85. The molecular formula is C22H19N5O4S. The molecule has 10 heteroatoms. The lowest BCUT2D eigenvalue weighted by molar-refractivity contribution is -0.384. The minimum absolute atomic E-state index is 0.00338. The number of non-ortho nitro benzene ring substituents is 1. The molecule has 1 aliphatic rings. The molecule has 3 heterocycles. The van der Waals surface area contributed by atoms with Crippen LogP contribution in [-0.4, -0.2) is 32.2 Å². The summed E-state index contributed by atoms with van der Waals surface area (Å²) in [7, 11) is 0. The first-order valence-corrected chi connectivity index (χ1v) is 10.9. The Hall–Kier alpha value is -3.79. The number of nitro groups is 1. The van der Waals surface area contributed by atoms with Crippen LogP contribution in [0.3, 0.4) is 0 Å². The molecule has 0 radical (unpaired) electrons. The Morgan fingerprint density at radius 3 is 2.94 bits per heavy atom. The molecule has 0 fully saturated rings. The molecule has 4 aromatic rings. The number of thiazole rings is 1. The third-order valence-corrected chi connectivity index (χ3v) is 6.42. The molecule has 5 rings (SSSR count). The summed E-state index contributed by atoms with van der Waals surface area (Å²) in [5.74, 6) is 0.827. The van der Waals surface area contributed by atoms with Crippen LogP contribution in [0.15, 0.2) is 42.5 Å². The zero-order valence-corrected chi connectivity index (χ0v) is 18.2. The van der Waals surface area contributed by atoms with E-state index >= 15 is 0 Å². The van der Waals surface area contributed by atoms with Gasteiger partial charge in [-0.3, -0.25) is 14.9 Å². The molecule has 1 atom stereocenters. The van der Waals surface area contributed by atoms with Gasteiger partial charge in [-0.15, -0.1) is 0 Å². The SMILES string of the molecule is CCOc1ccc2nc(-n3nc(C)c4c3NC(=O)CC4c3cccc([N+](=O)[O-])c3)sc2c1. The van der Waals surface area contributed by atoms with Crippen molar-refractivity contribution in [3.05, 3.63) is 69.4 Å². The number of amides is 1. The van der Waals surface area contributed by atoms with Crippen molar-refractivity contribution in [2.24, 2.45) is 0 Å². The van der Waals surface area contributed by atoms with E-state index in [9.17, 15) is 14.9 Å². The molecule has 0 spiro atoms. The molecule has 2 aromatic carbocycles. The highest BCUT2D eigenvalue weighted by atomic mass is 32.1. The lowest BCUT2D eigenvalue weighted by Gasteiger charge is -2.24. The number of hydrogen-bond acceptors (Lipinski definition) is 7. The standard InChI is InChI=1S/C22H19N5O4S/c1-3-31-15-7-8-17-18(10-15)32-22(23-17)26-21-20(12(2)25-26)16(11-19(28)24-21)13-5-4-6-14(9-13)27(29)30/h4-10,16H,3,11H2,1-2H3,(H,24,28). The molecule has 9 nitrogen and oxygen atoms in total. The maximum absolute atomic E-state index is 12.6. The topological polar surface area (TPSA) is 112 Å². The number of rotatable bonds is 5. The number of nitrogens with zero attached hydrogens (tertiary/aromatic N) is 4. The third kappa shape index (κ3) is 3.38. The first-order valence-electron chi connectivity index (χ1n) is 10.1. The fourth-order valence-electron chi connectivity index (χ4n) is 4.07. The number of aryl methyl sites for hydroxylation is 1. The molecule has 0 bridgehead atoms. The van der Waals surface area contributed by atoms with Gasteiger partial charge < -0.3 is 10.1 Å². The molecule has 0 saturated heterocycles. The molecule has 1 amide bonds. The van der Waals surface area contributed by atoms with E-state index in [1.165, 1.54) is 23.5 Å². The van der Waals surface area contributed by atoms with Crippen molar-refractivity contribution in [3.8, 4) is 10.9 Å². The Balaban J connectivity index is 1.61. The van der Waals surface area contributed by atoms with Gasteiger partial charge in [-0.05, 0) is 37.6 Å². The second kappa shape index (κ2) is 7.72. The first kappa shape index (κ1) is 20.1. The fourth-order valence-corrected chi connectivity index (χ4v) is 5.02. The van der Waals surface area contributed by atoms with E-state index in [4.69, 9.17) is 4.74 Å². The van der Waals surface area contributed by atoms with Gasteiger partial charge in [-0.25, -0.2) is 4.98 Å². The van der Waals surface area contributed by atoms with Gasteiger partial charge in [0.2, 0.25) is 11.0 Å². The van der Waals surface area contributed by atoms with Gasteiger partial charge in [-0.1, -0.05) is 23.5 Å². The number of nitro benzene ring substituents is 1. The molecule has 162 valence electrons. The molecule has 0 saturated carbocycles. The summed E-state index contributed by atoms with van der Waals surface area (Å²) in [6.07, 6.45) is 0.193. The summed E-state index contributed by atoms with van der Waals surface area (Å²) in [5.41, 5.74) is 3.11. The van der Waals surface area contributed by atoms with Crippen LogP contribution in [0.25, 0.3) is 15.3 Å². The maximum Gasteiger partial charge on any atom is 0.269 e. The van der Waals surface area contributed by atoms with Gasteiger partial charge in [0.15, 0.2) is 0 Å². The largest absolute Gasteiger partial charge is 0.494 e. The van der Waals surface area contributed by atoms with E-state index in [-0.39, 0.29) is 23.9 Å². The van der Waals surface area contributed by atoms with Crippen molar-refractivity contribution in [1.82, 2.24) is 14.8 Å². The highest BCUT2D eigenvalue weighted by molar-refractivity contribution is 7.20. The van der Waals surface area contributed by atoms with Crippen LogP contribution in [-0.2, 0) is 4.79 Å². The number of carbonyl (C=O) groups is 1. The minimum atomic E-state index is -0.429. The van der Waals surface area contributed by atoms with Gasteiger partial charge in [0.1, 0.15) is 11.6 Å². The molecule has 1 N–H and O–H groups in total. The van der Waals surface area contributed by atoms with Crippen molar-refractivity contribution >= 4 is 39.0 Å². The van der Waals surface area contributed by atoms with E-state index in [0.717, 1.165) is 27.2 Å². The molecule has 32 heavy (non-hydrogen) atoms. The van der Waals surface area contributed by atoms with Crippen LogP contribution < -0.4 is 10.1 Å². The van der Waals surface area contributed by atoms with E-state index in [1.54, 1.807) is 10.7 Å². The summed E-state index contributed by atoms with van der Waals surface area (Å²) >= 11 is 1.45. The summed E-state index contributed by atoms with van der Waals surface area (Å²) in [6.45, 7) is 4.38. The molecule has 1 unspecified atom stereocenters. The maximum atomic E-state index is 12.6. The van der Waals surface area contributed by atoms with Crippen molar-refractivity contribution in [2.45, 2.75) is 26.2 Å². The molecular weight excluding hydrogens is 430 g/mol. The van der Waals surface area contributed by atoms with Crippen LogP contribution in [0.5, 0.6) is 5.75 Å². The normalized spacial score (nSPS) is 15.4. The van der Waals surface area contributed by atoms with Crippen molar-refractivity contribution in [1.29, 1.82) is 0 Å². The van der Waals surface area contributed by atoms with Crippen molar-refractivity contribution in [3.63, 3.8) is 0 Å². The number of hydrogen-bond donors (Lipinski definition) is 1. The summed E-state index contributed by atoms with van der Waals surface area (Å²) in [4.78, 5) is 28.1. The smallest absolute Gasteiger partial charge is 0.269 e. The second-order valence-corrected chi connectivity index (χ2v) is 8.48. The van der Waals surface area contributed by atoms with Gasteiger partial charge in [0.05, 0.1) is 27.4 Å². The fraction of sp³-hybridized carbons (Fsp3) is 0.227. The molecule has 0 aliphatic carbocycles. The van der Waals surface area contributed by atoms with Crippen LogP contribution >= 0.6 is 11.3 Å². The number of benzene rings is 2. The predicted molar refractivity (Wildman–Crippen MR) is 121 cm³/mol. The number of aromatic nitrogens is 3. The van der Waals surface area contributed by atoms with Crippen LogP contribution in [0.1, 0.15) is 36.1 Å². The number of anilines is 1. The summed E-state index contributed by atoms with van der Waals surface area (Å²) < 4.78 is 8.18. The zero-order valence-electron chi connectivity index (χ0n) is 17.4. The van der Waals surface area contributed by atoms with Gasteiger partial charge in [0, 0.05) is 30.0 Å². The number of ether oxygens (including phenoxy) is 1. The Bertz CT molecular complexity index is 1380. The van der Waals surface area contributed by atoms with Crippen molar-refractivity contribution < 1.29 is 14.5 Å². The van der Waals surface area contributed by atoms with Gasteiger partial charge in [-0.2, -0.15) is 9.78 Å². The molecule has 2 aromatic heterocycles. The number of nitrogens with one attached hydrogen (secondary N) is 1. The van der Waals surface area contributed by atoms with Crippen LogP contribution in [0.4, 0.5) is 11.5 Å². The Labute approximate surface area is 186 Å². The average molecular weight is 449 g/mol. The van der Waals surface area contributed by atoms with Gasteiger partial charge >= 0.3 is 0 Å². The third-order valence-electron chi connectivity index (χ3n) is 5.43. The Kier molecular flexibility index (Phi) is 4.86. The second-order valence-electron chi connectivity index (χ2n) is 7.48. The van der Waals surface area contributed by atoms with Crippen LogP contribution in [0.2, 0.25) is 0 Å². The lowest BCUT2D eigenvalue weighted by Crippen LogP contribution is -2.25. The highest BCUT2D eigenvalue weighted by Gasteiger charge is 2.33. The Morgan fingerprint density at radius 1 is 1.31 bits per heavy atom. The number of carbonyl (C=O) groups excluding carboxylic acids is 1. The monoisotopic (exact) mass is 449 g/mol. The predicted octanol–water partition coefficient (Wildman–Crippen LogP) is 4.57. The first-order chi connectivity index (χ1) is 15.4. The molecule has 1 aliphatic heterocycles. The van der Waals surface area contributed by atoms with E-state index < -0.39 is 4.92 Å². The average Bonchev–Trinajstić information content (AvgIpc) is 3.34. The van der Waals surface area contributed by atoms with Crippen molar-refractivity contribution in [2.75, 3.05) is 11.9 Å². The summed E-state index contributed by atoms with van der Waals surface area (Å²) in [6, 6.07) is 12.1. The van der Waals surface area contributed by atoms with Gasteiger partial charge in [0.25, 0.3) is 5.69 Å². The summed E-state index contributed by atoms with van der Waals surface area (Å²) in [5, 5.41) is 19.5. The van der Waals surface area contributed by atoms with E-state index in [0.29, 0.717) is 23.1 Å². The van der Waals surface area contributed by atoms with Crippen LogP contribution in [0, 0.1) is 17.0 Å². The van der Waals surface area contributed by atoms with E-state index in [2.05, 4.69) is 15.4 Å². The zero-order chi connectivity index (χ0) is 22.4. The quantitative estimate of drug-likeness (QED) is 0.353. The minimum Gasteiger partial charge on any atom is -0.494 e. The highest BCUT2D eigenvalue weighted by Crippen LogP contribution is 2.41.